The van der Waals surface area contributed by atoms with E-state index in [0.29, 0.717) is 16.7 Å². The molecule has 33 heavy (non-hydrogen) atoms. The molecule has 1 amide bonds. The fourth-order valence-electron chi connectivity index (χ4n) is 6.35. The van der Waals surface area contributed by atoms with Crippen molar-refractivity contribution in [2.24, 2.45) is 17.6 Å². The Morgan fingerprint density at radius 2 is 1.97 bits per heavy atom. The number of amides is 1. The standard InChI is InChI=1S/C24H30N4O5/c25-22(29)21(18-7-10-26-15-27-18)28-11-8-16(9-12-28)19(14-28)33-23(30)24(31,17-4-1-2-5-17)20-6-3-13-32-20/h3,6-7,10,13,15-17,19,21,31H,1-2,4-5,8-9,11-12,14H2,(H-,25,29)/p+1/t16?,19-,21?,24?,28?/m0/s1. The summed E-state index contributed by atoms with van der Waals surface area (Å²) in [7, 11) is 0. The number of ether oxygens (including phenoxy) is 1. The monoisotopic (exact) mass is 455 g/mol. The zero-order valence-electron chi connectivity index (χ0n) is 18.6. The van der Waals surface area contributed by atoms with Gasteiger partial charge in [0.15, 0.2) is 6.10 Å². The second kappa shape index (κ2) is 8.53. The number of piperidine rings is 3. The number of rotatable bonds is 7. The number of nitrogens with zero attached hydrogens (tertiary/aromatic N) is 3. The molecule has 2 unspecified atom stereocenters. The summed E-state index contributed by atoms with van der Waals surface area (Å²) in [6, 6.07) is 4.41. The molecule has 2 aromatic rings. The molecule has 3 saturated heterocycles. The third-order valence-corrected chi connectivity index (χ3v) is 8.07. The number of aliphatic hydroxyl groups is 1. The first-order valence-electron chi connectivity index (χ1n) is 11.8. The predicted octanol–water partition coefficient (Wildman–Crippen LogP) is 1.83. The Morgan fingerprint density at radius 3 is 2.58 bits per heavy atom. The molecule has 0 spiro atoms. The summed E-state index contributed by atoms with van der Waals surface area (Å²) < 4.78 is 12.0. The first kappa shape index (κ1) is 22.0. The molecule has 3 aliphatic heterocycles. The van der Waals surface area contributed by atoms with Crippen LogP contribution in [0.3, 0.4) is 0 Å². The average Bonchev–Trinajstić information content (AvgIpc) is 3.55. The topological polar surface area (TPSA) is 129 Å². The summed E-state index contributed by atoms with van der Waals surface area (Å²) in [5.74, 6) is -0.909. The summed E-state index contributed by atoms with van der Waals surface area (Å²) in [5, 5.41) is 11.6. The molecular weight excluding hydrogens is 424 g/mol. The number of nitrogens with two attached hydrogens (primary N) is 1. The zero-order valence-corrected chi connectivity index (χ0v) is 18.6. The predicted molar refractivity (Wildman–Crippen MR) is 116 cm³/mol. The Kier molecular flexibility index (Phi) is 5.70. The van der Waals surface area contributed by atoms with Gasteiger partial charge in [-0.25, -0.2) is 14.8 Å². The third-order valence-electron chi connectivity index (χ3n) is 8.07. The molecule has 1 aliphatic carbocycles. The fraction of sp³-hybridized carbons (Fsp3) is 0.583. The van der Waals surface area contributed by atoms with Crippen molar-refractivity contribution in [1.29, 1.82) is 0 Å². The van der Waals surface area contributed by atoms with Gasteiger partial charge in [-0.1, -0.05) is 12.8 Å². The van der Waals surface area contributed by atoms with Crippen molar-refractivity contribution in [1.82, 2.24) is 9.97 Å². The van der Waals surface area contributed by atoms with Gasteiger partial charge in [0.05, 0.1) is 19.4 Å². The van der Waals surface area contributed by atoms with E-state index in [1.54, 1.807) is 24.4 Å². The maximum atomic E-state index is 13.5. The van der Waals surface area contributed by atoms with Crippen LogP contribution in [0.5, 0.6) is 0 Å². The van der Waals surface area contributed by atoms with Crippen LogP contribution in [0.4, 0.5) is 0 Å². The highest BCUT2D eigenvalue weighted by Gasteiger charge is 2.56. The molecule has 176 valence electrons. The molecule has 0 aromatic carbocycles. The van der Waals surface area contributed by atoms with Crippen LogP contribution in [0.15, 0.2) is 41.4 Å². The molecule has 5 heterocycles. The number of fused-ring (bicyclic) bond motifs is 3. The number of carbonyl (C=O) groups excluding carboxylic acids is 2. The van der Waals surface area contributed by atoms with Crippen molar-refractivity contribution >= 4 is 11.9 Å². The number of hydrogen-bond acceptors (Lipinski definition) is 7. The lowest BCUT2D eigenvalue weighted by molar-refractivity contribution is -0.965. The van der Waals surface area contributed by atoms with Crippen molar-refractivity contribution < 1.29 is 28.3 Å². The van der Waals surface area contributed by atoms with E-state index in [4.69, 9.17) is 14.9 Å². The van der Waals surface area contributed by atoms with Crippen LogP contribution < -0.4 is 5.73 Å². The van der Waals surface area contributed by atoms with E-state index in [2.05, 4.69) is 9.97 Å². The van der Waals surface area contributed by atoms with Gasteiger partial charge in [-0.15, -0.1) is 0 Å². The number of carbonyl (C=O) groups is 2. The van der Waals surface area contributed by atoms with E-state index in [-0.39, 0.29) is 17.6 Å². The lowest BCUT2D eigenvalue weighted by atomic mass is 9.80. The molecule has 9 heteroatoms. The molecule has 4 fully saturated rings. The SMILES string of the molecule is NC(=O)C(c1ccncn1)[N+]12CCC(CC1)[C@@H](OC(=O)C(O)(c1ccco1)C1CCCC1)C2. The second-order valence-electron chi connectivity index (χ2n) is 9.79. The minimum Gasteiger partial charge on any atom is -0.466 e. The molecule has 2 bridgehead atoms. The number of aromatic nitrogens is 2. The van der Waals surface area contributed by atoms with Gasteiger partial charge in [0.2, 0.25) is 11.6 Å². The van der Waals surface area contributed by atoms with Gasteiger partial charge < -0.3 is 24.5 Å². The van der Waals surface area contributed by atoms with Crippen LogP contribution in [-0.4, -0.2) is 57.2 Å². The van der Waals surface area contributed by atoms with Crippen LogP contribution >= 0.6 is 0 Å². The number of quaternary nitrogens is 1. The van der Waals surface area contributed by atoms with E-state index in [9.17, 15) is 14.7 Å². The maximum absolute atomic E-state index is 13.5. The Labute approximate surface area is 192 Å². The minimum absolute atomic E-state index is 0.192. The zero-order chi connectivity index (χ0) is 23.1. The second-order valence-corrected chi connectivity index (χ2v) is 9.79. The molecule has 9 nitrogen and oxygen atoms in total. The highest BCUT2D eigenvalue weighted by atomic mass is 16.6. The Balaban J connectivity index is 1.41. The van der Waals surface area contributed by atoms with Crippen molar-refractivity contribution in [2.45, 2.75) is 56.3 Å². The van der Waals surface area contributed by atoms with E-state index in [1.807, 2.05) is 0 Å². The summed E-state index contributed by atoms with van der Waals surface area (Å²) in [6.45, 7) is 2.00. The molecule has 3 N–H and O–H groups in total. The summed E-state index contributed by atoms with van der Waals surface area (Å²) in [5.41, 5.74) is 4.65. The van der Waals surface area contributed by atoms with Crippen LogP contribution in [0.2, 0.25) is 0 Å². The number of esters is 1. The largest absolute Gasteiger partial charge is 0.466 e. The van der Waals surface area contributed by atoms with Gasteiger partial charge >= 0.3 is 5.97 Å². The highest BCUT2D eigenvalue weighted by molar-refractivity contribution is 5.81. The molecule has 2 aromatic heterocycles. The summed E-state index contributed by atoms with van der Waals surface area (Å²) in [6.07, 6.45) is 9.14. The van der Waals surface area contributed by atoms with E-state index in [1.165, 1.54) is 12.6 Å². The molecular formula is C24H31N4O5+. The molecule has 4 aliphatic rings. The smallest absolute Gasteiger partial charge is 0.346 e. The molecule has 1 saturated carbocycles. The van der Waals surface area contributed by atoms with Crippen molar-refractivity contribution in [3.05, 3.63) is 48.4 Å². The highest BCUT2D eigenvalue weighted by Crippen LogP contribution is 2.45. The average molecular weight is 456 g/mol. The van der Waals surface area contributed by atoms with Crippen LogP contribution in [-0.2, 0) is 19.9 Å². The van der Waals surface area contributed by atoms with Gasteiger partial charge in [0.25, 0.3) is 5.91 Å². The van der Waals surface area contributed by atoms with Gasteiger partial charge in [-0.2, -0.15) is 0 Å². The van der Waals surface area contributed by atoms with E-state index >= 15 is 0 Å². The van der Waals surface area contributed by atoms with Crippen LogP contribution in [0.25, 0.3) is 0 Å². The summed E-state index contributed by atoms with van der Waals surface area (Å²) in [4.78, 5) is 34.4. The number of furan rings is 1. The number of primary amides is 1. The summed E-state index contributed by atoms with van der Waals surface area (Å²) >= 11 is 0. The Bertz CT molecular complexity index is 984. The van der Waals surface area contributed by atoms with Crippen LogP contribution in [0.1, 0.15) is 56.0 Å². The van der Waals surface area contributed by atoms with Crippen LogP contribution in [0, 0.1) is 11.8 Å². The van der Waals surface area contributed by atoms with Gasteiger partial charge in [0.1, 0.15) is 24.3 Å². The van der Waals surface area contributed by atoms with Crippen molar-refractivity contribution in [2.75, 3.05) is 19.6 Å². The quantitative estimate of drug-likeness (QED) is 0.481. The Hall–Kier alpha value is -2.78. The molecule has 3 atom stereocenters. The van der Waals surface area contributed by atoms with E-state index < -0.39 is 29.6 Å². The maximum Gasteiger partial charge on any atom is 0.346 e. The Morgan fingerprint density at radius 1 is 1.21 bits per heavy atom. The number of hydrogen-bond donors (Lipinski definition) is 2. The molecule has 0 radical (unpaired) electrons. The third kappa shape index (κ3) is 3.73. The van der Waals surface area contributed by atoms with Gasteiger partial charge in [-0.05, 0) is 31.0 Å². The molecule has 6 rings (SSSR count). The van der Waals surface area contributed by atoms with Gasteiger partial charge in [0, 0.05) is 30.9 Å². The van der Waals surface area contributed by atoms with Crippen molar-refractivity contribution in [3.63, 3.8) is 0 Å². The first-order chi connectivity index (χ1) is 15.9. The van der Waals surface area contributed by atoms with E-state index in [0.717, 1.165) is 51.6 Å². The fourth-order valence-corrected chi connectivity index (χ4v) is 6.35. The van der Waals surface area contributed by atoms with Gasteiger partial charge in [-0.3, -0.25) is 4.79 Å². The lowest BCUT2D eigenvalue weighted by Gasteiger charge is -2.54. The van der Waals surface area contributed by atoms with Crippen molar-refractivity contribution in [3.8, 4) is 0 Å². The lowest BCUT2D eigenvalue weighted by Crippen LogP contribution is -2.67. The normalized spacial score (nSPS) is 30.0. The first-order valence-corrected chi connectivity index (χ1v) is 11.8. The minimum atomic E-state index is -1.80.